The summed E-state index contributed by atoms with van der Waals surface area (Å²) in [4.78, 5) is 12.9. The van der Waals surface area contributed by atoms with Crippen LogP contribution in [0.3, 0.4) is 0 Å². The van der Waals surface area contributed by atoms with E-state index < -0.39 is 39.5 Å². The standard InChI is InChI=1S/C23H19F3N2O4S/c24-23(25,26)17-10-4-5-11-18(17)27-22(29)21-14-28(19-12-6-7-13-20(19)32-21)33(30,31)15-16-8-2-1-3-9-16/h1-13,21H,14-15H2,(H,27,29)/t21-/m0/s1. The highest BCUT2D eigenvalue weighted by atomic mass is 32.2. The van der Waals surface area contributed by atoms with Crippen LogP contribution in [0.2, 0.25) is 0 Å². The zero-order valence-electron chi connectivity index (χ0n) is 17.1. The molecule has 3 aromatic rings. The Morgan fingerprint density at radius 3 is 2.33 bits per heavy atom. The number of fused-ring (bicyclic) bond motifs is 1. The second-order valence-electron chi connectivity index (χ2n) is 7.38. The van der Waals surface area contributed by atoms with Crippen molar-refractivity contribution in [3.63, 3.8) is 0 Å². The highest BCUT2D eigenvalue weighted by molar-refractivity contribution is 7.92. The first-order valence-electron chi connectivity index (χ1n) is 9.92. The van der Waals surface area contributed by atoms with Crippen LogP contribution >= 0.6 is 0 Å². The van der Waals surface area contributed by atoms with Gasteiger partial charge in [0.05, 0.1) is 29.2 Å². The minimum atomic E-state index is -4.67. The predicted octanol–water partition coefficient (Wildman–Crippen LogP) is 4.44. The smallest absolute Gasteiger partial charge is 0.418 e. The summed E-state index contributed by atoms with van der Waals surface area (Å²) in [5.41, 5.74) is -0.631. The zero-order chi connectivity index (χ0) is 23.6. The molecule has 1 aliphatic heterocycles. The fourth-order valence-corrected chi connectivity index (χ4v) is 5.10. The van der Waals surface area contributed by atoms with Crippen molar-refractivity contribution < 1.29 is 31.1 Å². The lowest BCUT2D eigenvalue weighted by Crippen LogP contribution is -2.49. The van der Waals surface area contributed by atoms with Gasteiger partial charge in [-0.2, -0.15) is 13.2 Å². The zero-order valence-corrected chi connectivity index (χ0v) is 17.9. The van der Waals surface area contributed by atoms with E-state index in [-0.39, 0.29) is 23.7 Å². The van der Waals surface area contributed by atoms with Gasteiger partial charge in [-0.1, -0.05) is 54.6 Å². The molecule has 0 saturated carbocycles. The number of sulfonamides is 1. The Kier molecular flexibility index (Phi) is 6.03. The summed E-state index contributed by atoms with van der Waals surface area (Å²) in [6.07, 6.45) is -6.03. The van der Waals surface area contributed by atoms with E-state index in [9.17, 15) is 26.4 Å². The van der Waals surface area contributed by atoms with Crippen molar-refractivity contribution >= 4 is 27.3 Å². The van der Waals surface area contributed by atoms with Crippen molar-refractivity contribution in [2.75, 3.05) is 16.2 Å². The number of halogens is 3. The largest absolute Gasteiger partial charge is 0.476 e. The number of hydrogen-bond acceptors (Lipinski definition) is 4. The van der Waals surface area contributed by atoms with Crippen LogP contribution < -0.4 is 14.4 Å². The SMILES string of the molecule is O=C(Nc1ccccc1C(F)(F)F)[C@@H]1CN(S(=O)(=O)Cc2ccccc2)c2ccccc2O1. The summed E-state index contributed by atoms with van der Waals surface area (Å²) >= 11 is 0. The van der Waals surface area contributed by atoms with Crippen LogP contribution in [-0.4, -0.2) is 27.0 Å². The molecule has 1 N–H and O–H groups in total. The summed E-state index contributed by atoms with van der Waals surface area (Å²) in [7, 11) is -3.93. The second kappa shape index (κ2) is 8.78. The van der Waals surface area contributed by atoms with Gasteiger partial charge in [-0.15, -0.1) is 0 Å². The fourth-order valence-electron chi connectivity index (χ4n) is 3.52. The number of amides is 1. The van der Waals surface area contributed by atoms with Crippen molar-refractivity contribution in [3.05, 3.63) is 90.0 Å². The molecule has 3 aromatic carbocycles. The van der Waals surface area contributed by atoms with E-state index in [1.807, 2.05) is 0 Å². The Morgan fingerprint density at radius 1 is 0.970 bits per heavy atom. The molecule has 4 rings (SSSR count). The lowest BCUT2D eigenvalue weighted by molar-refractivity contribution is -0.137. The molecule has 10 heteroatoms. The van der Waals surface area contributed by atoms with Gasteiger partial charge in [0.2, 0.25) is 10.0 Å². The van der Waals surface area contributed by atoms with Gasteiger partial charge in [-0.3, -0.25) is 9.10 Å². The van der Waals surface area contributed by atoms with E-state index in [4.69, 9.17) is 4.74 Å². The van der Waals surface area contributed by atoms with Crippen molar-refractivity contribution in [1.82, 2.24) is 0 Å². The maximum absolute atomic E-state index is 13.3. The molecule has 0 aliphatic carbocycles. The molecule has 172 valence electrons. The Hall–Kier alpha value is -3.53. The molecular formula is C23H19F3N2O4S. The lowest BCUT2D eigenvalue weighted by atomic mass is 10.1. The predicted molar refractivity (Wildman–Crippen MR) is 117 cm³/mol. The molecule has 1 amide bonds. The number of hydrogen-bond donors (Lipinski definition) is 1. The molecule has 0 fully saturated rings. The third kappa shape index (κ3) is 4.95. The first kappa shape index (κ1) is 22.7. The van der Waals surface area contributed by atoms with Crippen molar-refractivity contribution in [2.24, 2.45) is 0 Å². The van der Waals surface area contributed by atoms with E-state index in [2.05, 4.69) is 5.32 Å². The molecule has 0 spiro atoms. The third-order valence-corrected chi connectivity index (χ3v) is 6.76. The van der Waals surface area contributed by atoms with Crippen molar-refractivity contribution in [1.29, 1.82) is 0 Å². The van der Waals surface area contributed by atoms with E-state index in [0.717, 1.165) is 16.4 Å². The summed E-state index contributed by atoms with van der Waals surface area (Å²) < 4.78 is 73.1. The van der Waals surface area contributed by atoms with Crippen LogP contribution in [0.25, 0.3) is 0 Å². The summed E-state index contributed by atoms with van der Waals surface area (Å²) in [5.74, 6) is -1.06. The molecular weight excluding hydrogens is 457 g/mol. The van der Waals surface area contributed by atoms with Gasteiger partial charge >= 0.3 is 6.18 Å². The molecule has 1 heterocycles. The van der Waals surface area contributed by atoms with E-state index in [1.165, 1.54) is 18.2 Å². The molecule has 0 saturated heterocycles. The molecule has 0 radical (unpaired) electrons. The molecule has 0 aromatic heterocycles. The number of nitrogens with zero attached hydrogens (tertiary/aromatic N) is 1. The van der Waals surface area contributed by atoms with Crippen molar-refractivity contribution in [2.45, 2.75) is 18.0 Å². The number of carbonyl (C=O) groups excluding carboxylic acids is 1. The topological polar surface area (TPSA) is 75.7 Å². The first-order chi connectivity index (χ1) is 15.6. The normalized spacial score (nSPS) is 16.0. The average molecular weight is 476 g/mol. The lowest BCUT2D eigenvalue weighted by Gasteiger charge is -2.34. The Balaban J connectivity index is 1.62. The maximum atomic E-state index is 13.3. The number of benzene rings is 3. The van der Waals surface area contributed by atoms with Crippen LogP contribution in [0.15, 0.2) is 78.9 Å². The molecule has 1 aliphatic rings. The van der Waals surface area contributed by atoms with Gasteiger partial charge in [0, 0.05) is 0 Å². The highest BCUT2D eigenvalue weighted by Crippen LogP contribution is 2.37. The van der Waals surface area contributed by atoms with E-state index in [1.54, 1.807) is 48.5 Å². The van der Waals surface area contributed by atoms with Gasteiger partial charge in [0.25, 0.3) is 5.91 Å². The number of carbonyl (C=O) groups is 1. The Labute approximate surface area is 188 Å². The van der Waals surface area contributed by atoms with Crippen LogP contribution in [-0.2, 0) is 26.7 Å². The van der Waals surface area contributed by atoms with E-state index in [0.29, 0.717) is 5.56 Å². The Bertz CT molecular complexity index is 1260. The van der Waals surface area contributed by atoms with Crippen molar-refractivity contribution in [3.8, 4) is 5.75 Å². The summed E-state index contributed by atoms with van der Waals surface area (Å²) in [5, 5.41) is 2.23. The fraction of sp³-hybridized carbons (Fsp3) is 0.174. The van der Waals surface area contributed by atoms with E-state index >= 15 is 0 Å². The minimum absolute atomic E-state index is 0.143. The number of ether oxygens (including phenoxy) is 1. The number of nitrogens with one attached hydrogen (secondary N) is 1. The van der Waals surface area contributed by atoms with Crippen LogP contribution in [0.4, 0.5) is 24.5 Å². The number of anilines is 2. The molecule has 6 nitrogen and oxygen atoms in total. The quantitative estimate of drug-likeness (QED) is 0.591. The van der Waals surface area contributed by atoms with Gasteiger partial charge in [-0.25, -0.2) is 8.42 Å². The maximum Gasteiger partial charge on any atom is 0.418 e. The molecule has 0 unspecified atom stereocenters. The second-order valence-corrected chi connectivity index (χ2v) is 9.27. The van der Waals surface area contributed by atoms with Gasteiger partial charge < -0.3 is 10.1 Å². The van der Waals surface area contributed by atoms with Crippen LogP contribution in [0, 0.1) is 0 Å². The molecule has 1 atom stereocenters. The monoisotopic (exact) mass is 476 g/mol. The Morgan fingerprint density at radius 2 is 1.61 bits per heavy atom. The molecule has 33 heavy (non-hydrogen) atoms. The van der Waals surface area contributed by atoms with Crippen LogP contribution in [0.1, 0.15) is 11.1 Å². The third-order valence-electron chi connectivity index (χ3n) is 5.05. The van der Waals surface area contributed by atoms with Crippen LogP contribution in [0.5, 0.6) is 5.75 Å². The average Bonchev–Trinajstić information content (AvgIpc) is 2.78. The first-order valence-corrected chi connectivity index (χ1v) is 11.5. The van der Waals surface area contributed by atoms with Gasteiger partial charge in [0.1, 0.15) is 5.75 Å². The van der Waals surface area contributed by atoms with Gasteiger partial charge in [0.15, 0.2) is 6.10 Å². The van der Waals surface area contributed by atoms with Gasteiger partial charge in [-0.05, 0) is 29.8 Å². The summed E-state index contributed by atoms with van der Waals surface area (Å²) in [6, 6.07) is 19.4. The minimum Gasteiger partial charge on any atom is -0.476 e. The highest BCUT2D eigenvalue weighted by Gasteiger charge is 2.38. The number of para-hydroxylation sites is 3. The number of alkyl halides is 3. The number of rotatable bonds is 5. The molecule has 0 bridgehead atoms. The summed E-state index contributed by atoms with van der Waals surface area (Å²) in [6.45, 7) is -0.383.